The highest BCUT2D eigenvalue weighted by Gasteiger charge is 2.13. The summed E-state index contributed by atoms with van der Waals surface area (Å²) in [5.74, 6) is -0.425. The van der Waals surface area contributed by atoms with Crippen LogP contribution in [0.4, 0.5) is 0 Å². The van der Waals surface area contributed by atoms with Crippen LogP contribution < -0.4 is 5.73 Å². The number of ether oxygens (including phenoxy) is 1. The molecule has 3 heteroatoms. The summed E-state index contributed by atoms with van der Waals surface area (Å²) in [5.41, 5.74) is 6.18. The number of nitrogens with two attached hydrogens (primary N) is 1. The zero-order valence-corrected chi connectivity index (χ0v) is 7.57. The molecule has 0 aromatic heterocycles. The number of benzene rings is 1. The van der Waals surface area contributed by atoms with Gasteiger partial charge in [-0.2, -0.15) is 0 Å². The summed E-state index contributed by atoms with van der Waals surface area (Å²) in [6.45, 7) is 0. The van der Waals surface area contributed by atoms with E-state index in [0.29, 0.717) is 6.42 Å². The van der Waals surface area contributed by atoms with Crippen molar-refractivity contribution in [3.05, 3.63) is 35.9 Å². The normalized spacial score (nSPS) is 12.4. The fraction of sp³-hybridized carbons (Fsp3) is 0.300. The molecule has 0 bridgehead atoms. The largest absolute Gasteiger partial charge is 0.371 e. The Hall–Kier alpha value is -1.35. The zero-order valence-electron chi connectivity index (χ0n) is 7.57. The summed E-state index contributed by atoms with van der Waals surface area (Å²) >= 11 is 0. The van der Waals surface area contributed by atoms with Gasteiger partial charge in [-0.05, 0) is 5.56 Å². The third kappa shape index (κ3) is 2.87. The SMILES string of the molecule is CO[C@H](Cc1ccccc1)C(N)=O. The minimum atomic E-state index is -0.526. The topological polar surface area (TPSA) is 52.3 Å². The second-order valence-corrected chi connectivity index (χ2v) is 2.82. The Bertz CT molecular complexity index is 272. The van der Waals surface area contributed by atoms with Gasteiger partial charge in [-0.15, -0.1) is 0 Å². The maximum Gasteiger partial charge on any atom is 0.246 e. The van der Waals surface area contributed by atoms with E-state index in [-0.39, 0.29) is 0 Å². The third-order valence-corrected chi connectivity index (χ3v) is 1.87. The van der Waals surface area contributed by atoms with Crippen LogP contribution in [-0.4, -0.2) is 19.1 Å². The molecule has 0 saturated carbocycles. The Labute approximate surface area is 77.5 Å². The van der Waals surface area contributed by atoms with Crippen molar-refractivity contribution in [1.29, 1.82) is 0 Å². The number of carbonyl (C=O) groups is 1. The van der Waals surface area contributed by atoms with Crippen molar-refractivity contribution in [2.24, 2.45) is 5.73 Å². The molecule has 1 rings (SSSR count). The average molecular weight is 179 g/mol. The van der Waals surface area contributed by atoms with Crippen molar-refractivity contribution < 1.29 is 9.53 Å². The predicted molar refractivity (Wildman–Crippen MR) is 50.1 cm³/mol. The lowest BCUT2D eigenvalue weighted by atomic mass is 10.1. The van der Waals surface area contributed by atoms with Crippen LogP contribution in [0.1, 0.15) is 5.56 Å². The molecule has 0 aliphatic carbocycles. The lowest BCUT2D eigenvalue weighted by Gasteiger charge is -2.10. The predicted octanol–water partition coefficient (Wildman–Crippen LogP) is 0.729. The van der Waals surface area contributed by atoms with Crippen LogP contribution in [-0.2, 0) is 16.0 Å². The molecule has 0 radical (unpaired) electrons. The van der Waals surface area contributed by atoms with E-state index in [1.54, 1.807) is 0 Å². The first-order valence-electron chi connectivity index (χ1n) is 4.10. The first-order valence-corrected chi connectivity index (χ1v) is 4.10. The van der Waals surface area contributed by atoms with E-state index in [4.69, 9.17) is 10.5 Å². The number of rotatable bonds is 4. The van der Waals surface area contributed by atoms with Gasteiger partial charge in [-0.3, -0.25) is 4.79 Å². The Morgan fingerprint density at radius 3 is 2.54 bits per heavy atom. The maximum atomic E-state index is 10.8. The summed E-state index contributed by atoms with van der Waals surface area (Å²) < 4.78 is 4.94. The second-order valence-electron chi connectivity index (χ2n) is 2.82. The number of carbonyl (C=O) groups excluding carboxylic acids is 1. The van der Waals surface area contributed by atoms with Gasteiger partial charge in [0.25, 0.3) is 0 Å². The first-order chi connectivity index (χ1) is 6.24. The third-order valence-electron chi connectivity index (χ3n) is 1.87. The number of amides is 1. The fourth-order valence-corrected chi connectivity index (χ4v) is 1.13. The minimum Gasteiger partial charge on any atom is -0.371 e. The molecule has 0 aliphatic heterocycles. The van der Waals surface area contributed by atoms with Crippen molar-refractivity contribution >= 4 is 5.91 Å². The van der Waals surface area contributed by atoms with Crippen LogP contribution in [0.2, 0.25) is 0 Å². The highest BCUT2D eigenvalue weighted by atomic mass is 16.5. The molecule has 1 aromatic carbocycles. The number of methoxy groups -OCH3 is 1. The van der Waals surface area contributed by atoms with Crippen LogP contribution in [0.3, 0.4) is 0 Å². The van der Waals surface area contributed by atoms with Crippen LogP contribution in [0.15, 0.2) is 30.3 Å². The first kappa shape index (κ1) is 9.74. The van der Waals surface area contributed by atoms with E-state index >= 15 is 0 Å². The van der Waals surface area contributed by atoms with E-state index in [0.717, 1.165) is 5.56 Å². The highest BCUT2D eigenvalue weighted by molar-refractivity contribution is 5.79. The van der Waals surface area contributed by atoms with Gasteiger partial charge in [0.2, 0.25) is 5.91 Å². The van der Waals surface area contributed by atoms with Crippen molar-refractivity contribution in [2.75, 3.05) is 7.11 Å². The number of hydrogen-bond donors (Lipinski definition) is 1. The Kier molecular flexibility index (Phi) is 3.46. The summed E-state index contributed by atoms with van der Waals surface area (Å²) in [4.78, 5) is 10.8. The van der Waals surface area contributed by atoms with Crippen LogP contribution >= 0.6 is 0 Å². The lowest BCUT2D eigenvalue weighted by Crippen LogP contribution is -2.32. The lowest BCUT2D eigenvalue weighted by molar-refractivity contribution is -0.127. The van der Waals surface area contributed by atoms with Crippen LogP contribution in [0.5, 0.6) is 0 Å². The fourth-order valence-electron chi connectivity index (χ4n) is 1.13. The van der Waals surface area contributed by atoms with Crippen molar-refractivity contribution in [1.82, 2.24) is 0 Å². The van der Waals surface area contributed by atoms with Crippen LogP contribution in [0.25, 0.3) is 0 Å². The standard InChI is InChI=1S/C10H13NO2/c1-13-9(10(11)12)7-8-5-3-2-4-6-8/h2-6,9H,7H2,1H3,(H2,11,12)/t9-/m1/s1. The van der Waals surface area contributed by atoms with Crippen molar-refractivity contribution in [3.8, 4) is 0 Å². The van der Waals surface area contributed by atoms with E-state index in [1.807, 2.05) is 30.3 Å². The quantitative estimate of drug-likeness (QED) is 0.740. The van der Waals surface area contributed by atoms with E-state index < -0.39 is 12.0 Å². The van der Waals surface area contributed by atoms with Gasteiger partial charge < -0.3 is 10.5 Å². The van der Waals surface area contributed by atoms with Gasteiger partial charge >= 0.3 is 0 Å². The highest BCUT2D eigenvalue weighted by Crippen LogP contribution is 2.04. The molecule has 0 saturated heterocycles. The van der Waals surface area contributed by atoms with Gasteiger partial charge in [0.05, 0.1) is 0 Å². The second kappa shape index (κ2) is 4.62. The Morgan fingerprint density at radius 1 is 1.46 bits per heavy atom. The minimum absolute atomic E-state index is 0.425. The molecule has 1 aromatic rings. The van der Waals surface area contributed by atoms with Crippen molar-refractivity contribution in [2.45, 2.75) is 12.5 Å². The number of primary amides is 1. The molecule has 0 heterocycles. The summed E-state index contributed by atoms with van der Waals surface area (Å²) in [5, 5.41) is 0. The summed E-state index contributed by atoms with van der Waals surface area (Å²) in [7, 11) is 1.48. The molecular weight excluding hydrogens is 166 g/mol. The van der Waals surface area contributed by atoms with Crippen LogP contribution in [0, 0.1) is 0 Å². The van der Waals surface area contributed by atoms with E-state index in [2.05, 4.69) is 0 Å². The molecule has 3 nitrogen and oxygen atoms in total. The van der Waals surface area contributed by atoms with Gasteiger partial charge in [-0.1, -0.05) is 30.3 Å². The van der Waals surface area contributed by atoms with E-state index in [9.17, 15) is 4.79 Å². The molecule has 0 fully saturated rings. The van der Waals surface area contributed by atoms with E-state index in [1.165, 1.54) is 7.11 Å². The summed E-state index contributed by atoms with van der Waals surface area (Å²) in [6, 6.07) is 9.64. The zero-order chi connectivity index (χ0) is 9.68. The average Bonchev–Trinajstić information content (AvgIpc) is 2.15. The Balaban J connectivity index is 2.62. The van der Waals surface area contributed by atoms with Gasteiger partial charge in [0.1, 0.15) is 6.10 Å². The molecule has 1 amide bonds. The molecular formula is C10H13NO2. The number of hydrogen-bond acceptors (Lipinski definition) is 2. The molecule has 0 spiro atoms. The molecule has 1 atom stereocenters. The summed E-state index contributed by atoms with van der Waals surface area (Å²) in [6.07, 6.45) is 0.00884. The van der Waals surface area contributed by atoms with Gasteiger partial charge in [0.15, 0.2) is 0 Å². The smallest absolute Gasteiger partial charge is 0.246 e. The van der Waals surface area contributed by atoms with Crippen molar-refractivity contribution in [3.63, 3.8) is 0 Å². The molecule has 70 valence electrons. The van der Waals surface area contributed by atoms with Gasteiger partial charge in [-0.25, -0.2) is 0 Å². The monoisotopic (exact) mass is 179 g/mol. The Morgan fingerprint density at radius 2 is 2.08 bits per heavy atom. The molecule has 13 heavy (non-hydrogen) atoms. The molecule has 2 N–H and O–H groups in total. The molecule has 0 unspecified atom stereocenters. The van der Waals surface area contributed by atoms with Gasteiger partial charge in [0, 0.05) is 13.5 Å². The molecule has 0 aliphatic rings. The maximum absolute atomic E-state index is 10.8.